The van der Waals surface area contributed by atoms with Crippen LogP contribution in [-0.4, -0.2) is 43.1 Å². The van der Waals surface area contributed by atoms with Crippen molar-refractivity contribution in [2.24, 2.45) is 0 Å². The van der Waals surface area contributed by atoms with Gasteiger partial charge in [-0.25, -0.2) is 4.98 Å². The van der Waals surface area contributed by atoms with E-state index in [2.05, 4.69) is 26.7 Å². The second-order valence-electron chi connectivity index (χ2n) is 4.51. The van der Waals surface area contributed by atoms with Crippen molar-refractivity contribution in [1.29, 1.82) is 0 Å². The minimum Gasteiger partial charge on any atom is -0.357 e. The number of anilines is 2. The van der Waals surface area contributed by atoms with E-state index in [4.69, 9.17) is 0 Å². The molecule has 2 aromatic rings. The summed E-state index contributed by atoms with van der Waals surface area (Å²) in [5, 5.41) is 6.73. The fourth-order valence-corrected chi connectivity index (χ4v) is 2.85. The fraction of sp³-hybridized carbons (Fsp3) is 0.462. The van der Waals surface area contributed by atoms with Crippen molar-refractivity contribution < 1.29 is 4.79 Å². The monoisotopic (exact) mass is 293 g/mol. The molecular formula is C13H19N5OS. The standard InChI is InChI=1S/C13H19N5OS/c1-5-15-10(19)7-18(4)11-9-6-8(2)20-12(9)17-13(14-3)16-11/h6H,5,7H2,1-4H3,(H,15,19)(H,14,16,17). The van der Waals surface area contributed by atoms with E-state index in [1.165, 1.54) is 4.88 Å². The summed E-state index contributed by atoms with van der Waals surface area (Å²) in [5.41, 5.74) is 0. The van der Waals surface area contributed by atoms with Crippen LogP contribution in [0, 0.1) is 6.92 Å². The van der Waals surface area contributed by atoms with Gasteiger partial charge in [0.15, 0.2) is 0 Å². The molecule has 2 rings (SSSR count). The topological polar surface area (TPSA) is 70.2 Å². The first kappa shape index (κ1) is 14.5. The molecule has 0 aliphatic carbocycles. The van der Waals surface area contributed by atoms with Crippen molar-refractivity contribution in [3.8, 4) is 0 Å². The molecule has 0 aliphatic rings. The number of carbonyl (C=O) groups is 1. The summed E-state index contributed by atoms with van der Waals surface area (Å²) < 4.78 is 0. The molecule has 0 fully saturated rings. The Morgan fingerprint density at radius 3 is 2.85 bits per heavy atom. The largest absolute Gasteiger partial charge is 0.357 e. The third-order valence-corrected chi connectivity index (χ3v) is 3.78. The molecule has 0 bridgehead atoms. The van der Waals surface area contributed by atoms with E-state index in [9.17, 15) is 4.79 Å². The molecule has 0 spiro atoms. The van der Waals surface area contributed by atoms with Gasteiger partial charge in [0.05, 0.1) is 11.9 Å². The Labute approximate surface area is 122 Å². The lowest BCUT2D eigenvalue weighted by atomic mass is 10.3. The van der Waals surface area contributed by atoms with Crippen LogP contribution >= 0.6 is 11.3 Å². The first-order valence-electron chi connectivity index (χ1n) is 6.49. The van der Waals surface area contributed by atoms with Crippen LogP contribution in [-0.2, 0) is 4.79 Å². The van der Waals surface area contributed by atoms with Gasteiger partial charge in [-0.3, -0.25) is 4.79 Å². The molecule has 2 N–H and O–H groups in total. The van der Waals surface area contributed by atoms with Gasteiger partial charge in [-0.15, -0.1) is 11.3 Å². The predicted molar refractivity (Wildman–Crippen MR) is 83.7 cm³/mol. The van der Waals surface area contributed by atoms with Crippen molar-refractivity contribution in [1.82, 2.24) is 15.3 Å². The Balaban J connectivity index is 2.38. The number of carbonyl (C=O) groups excluding carboxylic acids is 1. The summed E-state index contributed by atoms with van der Waals surface area (Å²) in [4.78, 5) is 24.6. The Hall–Kier alpha value is -1.89. The molecule has 0 radical (unpaired) electrons. The maximum absolute atomic E-state index is 11.7. The smallest absolute Gasteiger partial charge is 0.239 e. The van der Waals surface area contributed by atoms with Crippen molar-refractivity contribution in [2.75, 3.05) is 37.4 Å². The first-order valence-corrected chi connectivity index (χ1v) is 7.30. The molecule has 0 aliphatic heterocycles. The SMILES string of the molecule is CCNC(=O)CN(C)c1nc(NC)nc2sc(C)cc12. The molecule has 2 aromatic heterocycles. The van der Waals surface area contributed by atoms with Gasteiger partial charge < -0.3 is 15.5 Å². The van der Waals surface area contributed by atoms with E-state index in [1.54, 1.807) is 18.4 Å². The van der Waals surface area contributed by atoms with Crippen LogP contribution in [0.4, 0.5) is 11.8 Å². The molecule has 0 saturated carbocycles. The summed E-state index contributed by atoms with van der Waals surface area (Å²) in [7, 11) is 3.65. The Bertz CT molecular complexity index is 624. The molecular weight excluding hydrogens is 274 g/mol. The van der Waals surface area contributed by atoms with Crippen LogP contribution < -0.4 is 15.5 Å². The van der Waals surface area contributed by atoms with Crippen molar-refractivity contribution in [3.63, 3.8) is 0 Å². The van der Waals surface area contributed by atoms with Gasteiger partial charge >= 0.3 is 0 Å². The summed E-state index contributed by atoms with van der Waals surface area (Å²) >= 11 is 1.62. The highest BCUT2D eigenvalue weighted by atomic mass is 32.1. The normalized spacial score (nSPS) is 10.6. The van der Waals surface area contributed by atoms with Crippen LogP contribution in [0.15, 0.2) is 6.07 Å². The Morgan fingerprint density at radius 1 is 1.45 bits per heavy atom. The van der Waals surface area contributed by atoms with Gasteiger partial charge in [0.2, 0.25) is 11.9 Å². The molecule has 0 unspecified atom stereocenters. The number of nitrogens with zero attached hydrogens (tertiary/aromatic N) is 3. The lowest BCUT2D eigenvalue weighted by Gasteiger charge is -2.18. The molecule has 0 aromatic carbocycles. The zero-order chi connectivity index (χ0) is 14.7. The van der Waals surface area contributed by atoms with Crippen LogP contribution in [0.5, 0.6) is 0 Å². The third kappa shape index (κ3) is 2.98. The van der Waals surface area contributed by atoms with Crippen LogP contribution in [0.1, 0.15) is 11.8 Å². The van der Waals surface area contributed by atoms with Crippen molar-refractivity contribution in [2.45, 2.75) is 13.8 Å². The highest BCUT2D eigenvalue weighted by molar-refractivity contribution is 7.18. The second-order valence-corrected chi connectivity index (χ2v) is 5.74. The molecule has 1 amide bonds. The molecule has 7 heteroatoms. The minimum atomic E-state index is -0.0141. The fourth-order valence-electron chi connectivity index (χ4n) is 1.97. The molecule has 6 nitrogen and oxygen atoms in total. The number of nitrogens with one attached hydrogen (secondary N) is 2. The average Bonchev–Trinajstić information content (AvgIpc) is 2.77. The quantitative estimate of drug-likeness (QED) is 0.876. The van der Waals surface area contributed by atoms with Gasteiger partial charge in [0, 0.05) is 25.5 Å². The van der Waals surface area contributed by atoms with Crippen molar-refractivity contribution in [3.05, 3.63) is 10.9 Å². The number of hydrogen-bond acceptors (Lipinski definition) is 6. The van der Waals surface area contributed by atoms with E-state index in [0.717, 1.165) is 16.0 Å². The van der Waals surface area contributed by atoms with E-state index in [0.29, 0.717) is 12.5 Å². The number of aryl methyl sites for hydroxylation is 1. The second kappa shape index (κ2) is 6.04. The highest BCUT2D eigenvalue weighted by Crippen LogP contribution is 2.31. The summed E-state index contributed by atoms with van der Waals surface area (Å²) in [6.07, 6.45) is 0. The zero-order valence-electron chi connectivity index (χ0n) is 12.1. The lowest BCUT2D eigenvalue weighted by molar-refractivity contribution is -0.119. The third-order valence-electron chi connectivity index (χ3n) is 2.84. The molecule has 2 heterocycles. The molecule has 20 heavy (non-hydrogen) atoms. The van der Waals surface area contributed by atoms with Crippen LogP contribution in [0.2, 0.25) is 0 Å². The lowest BCUT2D eigenvalue weighted by Crippen LogP contribution is -2.35. The predicted octanol–water partition coefficient (Wildman–Crippen LogP) is 1.61. The number of aromatic nitrogens is 2. The first-order chi connectivity index (χ1) is 9.55. The summed E-state index contributed by atoms with van der Waals surface area (Å²) in [5.74, 6) is 1.33. The average molecular weight is 293 g/mol. The Kier molecular flexibility index (Phi) is 4.39. The van der Waals surface area contributed by atoms with Gasteiger partial charge in [-0.05, 0) is 19.9 Å². The van der Waals surface area contributed by atoms with E-state index in [-0.39, 0.29) is 12.5 Å². The van der Waals surface area contributed by atoms with E-state index in [1.807, 2.05) is 25.8 Å². The number of amides is 1. The highest BCUT2D eigenvalue weighted by Gasteiger charge is 2.15. The van der Waals surface area contributed by atoms with Gasteiger partial charge in [-0.2, -0.15) is 4.98 Å². The zero-order valence-corrected chi connectivity index (χ0v) is 13.0. The number of fused-ring (bicyclic) bond motifs is 1. The number of likely N-dealkylation sites (N-methyl/N-ethyl adjacent to an activating group) is 2. The maximum atomic E-state index is 11.7. The van der Waals surface area contributed by atoms with Crippen molar-refractivity contribution >= 4 is 39.2 Å². The molecule has 108 valence electrons. The maximum Gasteiger partial charge on any atom is 0.239 e. The van der Waals surface area contributed by atoms with E-state index >= 15 is 0 Å². The Morgan fingerprint density at radius 2 is 2.20 bits per heavy atom. The van der Waals surface area contributed by atoms with Crippen LogP contribution in [0.25, 0.3) is 10.2 Å². The summed E-state index contributed by atoms with van der Waals surface area (Å²) in [6, 6.07) is 2.06. The molecule has 0 saturated heterocycles. The number of rotatable bonds is 5. The molecule has 0 atom stereocenters. The minimum absolute atomic E-state index is 0.0141. The number of thiophene rings is 1. The van der Waals surface area contributed by atoms with E-state index < -0.39 is 0 Å². The van der Waals surface area contributed by atoms with Crippen LogP contribution in [0.3, 0.4) is 0 Å². The summed E-state index contributed by atoms with van der Waals surface area (Å²) in [6.45, 7) is 4.85. The van der Waals surface area contributed by atoms with Gasteiger partial charge in [0.25, 0.3) is 0 Å². The van der Waals surface area contributed by atoms with Gasteiger partial charge in [0.1, 0.15) is 10.6 Å². The number of hydrogen-bond donors (Lipinski definition) is 2. The van der Waals surface area contributed by atoms with Gasteiger partial charge in [-0.1, -0.05) is 0 Å².